The zero-order valence-corrected chi connectivity index (χ0v) is 11.0. The molecule has 0 saturated heterocycles. The molecule has 1 aromatic carbocycles. The minimum atomic E-state index is 0.178. The van der Waals surface area contributed by atoms with Gasteiger partial charge in [0.15, 0.2) is 0 Å². The van der Waals surface area contributed by atoms with E-state index < -0.39 is 0 Å². The third kappa shape index (κ3) is 3.63. The fourth-order valence-electron chi connectivity index (χ4n) is 1.32. The Morgan fingerprint density at radius 1 is 1.31 bits per heavy atom. The maximum absolute atomic E-state index is 9.01. The lowest BCUT2D eigenvalue weighted by atomic mass is 10.0. The van der Waals surface area contributed by atoms with Crippen LogP contribution in [0.3, 0.4) is 0 Å². The van der Waals surface area contributed by atoms with Crippen molar-refractivity contribution >= 4 is 23.2 Å². The number of halogens is 2. The van der Waals surface area contributed by atoms with Crippen LogP contribution in [0.5, 0.6) is 0 Å². The van der Waals surface area contributed by atoms with Crippen molar-refractivity contribution < 1.29 is 5.11 Å². The van der Waals surface area contributed by atoms with Crippen molar-refractivity contribution in [3.63, 3.8) is 0 Å². The average molecular weight is 262 g/mol. The molecule has 0 aliphatic rings. The van der Waals surface area contributed by atoms with Crippen molar-refractivity contribution in [3.8, 4) is 0 Å². The van der Waals surface area contributed by atoms with E-state index in [0.29, 0.717) is 16.6 Å². The standard InChI is InChI=1S/C12H17Cl2NO/c1-8(7-16)9(2)15-6-10-4-3-5-11(13)12(10)14/h3-5,8-9,15-16H,6-7H2,1-2H3. The molecule has 4 heteroatoms. The monoisotopic (exact) mass is 261 g/mol. The lowest BCUT2D eigenvalue weighted by Gasteiger charge is -2.19. The summed E-state index contributed by atoms with van der Waals surface area (Å²) in [6, 6.07) is 5.83. The molecular weight excluding hydrogens is 245 g/mol. The number of benzene rings is 1. The number of hydrogen-bond donors (Lipinski definition) is 2. The highest BCUT2D eigenvalue weighted by Gasteiger charge is 2.11. The number of aliphatic hydroxyl groups excluding tert-OH is 1. The Morgan fingerprint density at radius 2 is 2.00 bits per heavy atom. The van der Waals surface area contributed by atoms with Gasteiger partial charge in [0.25, 0.3) is 0 Å². The SMILES string of the molecule is CC(CO)C(C)NCc1cccc(Cl)c1Cl. The average Bonchev–Trinajstić information content (AvgIpc) is 2.29. The van der Waals surface area contributed by atoms with Gasteiger partial charge in [-0.1, -0.05) is 42.3 Å². The largest absolute Gasteiger partial charge is 0.396 e. The third-order valence-electron chi connectivity index (χ3n) is 2.79. The summed E-state index contributed by atoms with van der Waals surface area (Å²) in [6.07, 6.45) is 0. The van der Waals surface area contributed by atoms with Gasteiger partial charge in [0, 0.05) is 19.2 Å². The second-order valence-electron chi connectivity index (χ2n) is 4.04. The molecule has 0 heterocycles. The van der Waals surface area contributed by atoms with Gasteiger partial charge in [-0.05, 0) is 24.5 Å². The molecule has 1 rings (SSSR count). The summed E-state index contributed by atoms with van der Waals surface area (Å²) in [7, 11) is 0. The molecule has 0 saturated carbocycles. The van der Waals surface area contributed by atoms with Crippen molar-refractivity contribution in [1.29, 1.82) is 0 Å². The summed E-state index contributed by atoms with van der Waals surface area (Å²) < 4.78 is 0. The number of hydrogen-bond acceptors (Lipinski definition) is 2. The first-order valence-electron chi connectivity index (χ1n) is 5.33. The maximum Gasteiger partial charge on any atom is 0.0637 e. The molecule has 0 radical (unpaired) electrons. The predicted octanol–water partition coefficient (Wildman–Crippen LogP) is 3.10. The van der Waals surface area contributed by atoms with Gasteiger partial charge in [-0.15, -0.1) is 0 Å². The van der Waals surface area contributed by atoms with Gasteiger partial charge in [-0.25, -0.2) is 0 Å². The molecule has 0 aliphatic carbocycles. The molecule has 16 heavy (non-hydrogen) atoms. The van der Waals surface area contributed by atoms with Crippen molar-refractivity contribution in [1.82, 2.24) is 5.32 Å². The zero-order valence-electron chi connectivity index (χ0n) is 9.50. The van der Waals surface area contributed by atoms with Crippen molar-refractivity contribution in [3.05, 3.63) is 33.8 Å². The normalized spacial score (nSPS) is 14.8. The molecule has 0 aliphatic heterocycles. The van der Waals surface area contributed by atoms with E-state index in [2.05, 4.69) is 5.32 Å². The van der Waals surface area contributed by atoms with Crippen LogP contribution in [-0.4, -0.2) is 17.8 Å². The quantitative estimate of drug-likeness (QED) is 0.854. The lowest BCUT2D eigenvalue weighted by molar-refractivity contribution is 0.207. The molecule has 2 unspecified atom stereocenters. The Morgan fingerprint density at radius 3 is 2.62 bits per heavy atom. The van der Waals surface area contributed by atoms with E-state index in [9.17, 15) is 0 Å². The van der Waals surface area contributed by atoms with E-state index in [0.717, 1.165) is 5.56 Å². The van der Waals surface area contributed by atoms with E-state index in [1.54, 1.807) is 6.07 Å². The highest BCUT2D eigenvalue weighted by Crippen LogP contribution is 2.25. The van der Waals surface area contributed by atoms with Crippen molar-refractivity contribution in [2.45, 2.75) is 26.4 Å². The molecule has 1 aromatic rings. The topological polar surface area (TPSA) is 32.3 Å². The Kier molecular flexibility index (Phi) is 5.56. The molecule has 2 atom stereocenters. The van der Waals surface area contributed by atoms with E-state index >= 15 is 0 Å². The molecule has 0 fully saturated rings. The van der Waals surface area contributed by atoms with Gasteiger partial charge in [-0.2, -0.15) is 0 Å². The summed E-state index contributed by atoms with van der Waals surface area (Å²) in [5.74, 6) is 0.220. The van der Waals surface area contributed by atoms with Gasteiger partial charge in [0.1, 0.15) is 0 Å². The predicted molar refractivity (Wildman–Crippen MR) is 69.0 cm³/mol. The van der Waals surface area contributed by atoms with Crippen LogP contribution in [0.15, 0.2) is 18.2 Å². The summed E-state index contributed by atoms with van der Waals surface area (Å²) in [5.41, 5.74) is 0.978. The molecule has 0 bridgehead atoms. The zero-order chi connectivity index (χ0) is 12.1. The molecule has 0 spiro atoms. The lowest BCUT2D eigenvalue weighted by Crippen LogP contribution is -2.33. The van der Waals surface area contributed by atoms with Crippen LogP contribution in [0.1, 0.15) is 19.4 Å². The van der Waals surface area contributed by atoms with Crippen LogP contribution < -0.4 is 5.32 Å². The maximum atomic E-state index is 9.01. The smallest absolute Gasteiger partial charge is 0.0637 e. The molecule has 0 aromatic heterocycles. The van der Waals surface area contributed by atoms with Gasteiger partial charge in [0.05, 0.1) is 10.0 Å². The summed E-state index contributed by atoms with van der Waals surface area (Å²) in [6.45, 7) is 4.87. The van der Waals surface area contributed by atoms with Crippen LogP contribution in [0, 0.1) is 5.92 Å². The van der Waals surface area contributed by atoms with Gasteiger partial charge < -0.3 is 10.4 Å². The second kappa shape index (κ2) is 6.45. The van der Waals surface area contributed by atoms with Crippen LogP contribution in [0.4, 0.5) is 0 Å². The van der Waals surface area contributed by atoms with Crippen molar-refractivity contribution in [2.24, 2.45) is 5.92 Å². The Hall–Kier alpha value is -0.280. The van der Waals surface area contributed by atoms with E-state index in [4.69, 9.17) is 28.3 Å². The Balaban J connectivity index is 2.58. The van der Waals surface area contributed by atoms with Crippen LogP contribution >= 0.6 is 23.2 Å². The van der Waals surface area contributed by atoms with Gasteiger partial charge in [-0.3, -0.25) is 0 Å². The van der Waals surface area contributed by atoms with Crippen LogP contribution in [0.25, 0.3) is 0 Å². The third-order valence-corrected chi connectivity index (χ3v) is 3.65. The molecule has 90 valence electrons. The first-order valence-corrected chi connectivity index (χ1v) is 6.09. The van der Waals surface area contributed by atoms with Gasteiger partial charge >= 0.3 is 0 Å². The number of aliphatic hydroxyl groups is 1. The summed E-state index contributed by atoms with van der Waals surface area (Å²) in [5, 5.41) is 13.5. The Labute approximate surface area is 107 Å². The molecule has 2 N–H and O–H groups in total. The number of nitrogens with one attached hydrogen (secondary N) is 1. The van der Waals surface area contributed by atoms with E-state index in [1.807, 2.05) is 26.0 Å². The molecule has 2 nitrogen and oxygen atoms in total. The first-order chi connectivity index (χ1) is 7.56. The first kappa shape index (κ1) is 13.8. The fourth-order valence-corrected chi connectivity index (χ4v) is 1.70. The summed E-state index contributed by atoms with van der Waals surface area (Å²) >= 11 is 12.0. The van der Waals surface area contributed by atoms with Crippen LogP contribution in [0.2, 0.25) is 10.0 Å². The highest BCUT2D eigenvalue weighted by molar-refractivity contribution is 6.42. The molecule has 0 amide bonds. The second-order valence-corrected chi connectivity index (χ2v) is 4.83. The highest BCUT2D eigenvalue weighted by atomic mass is 35.5. The fraction of sp³-hybridized carbons (Fsp3) is 0.500. The van der Waals surface area contributed by atoms with Crippen LogP contribution in [-0.2, 0) is 6.54 Å². The van der Waals surface area contributed by atoms with Crippen molar-refractivity contribution in [2.75, 3.05) is 6.61 Å². The Bertz CT molecular complexity index is 344. The molecular formula is C12H17Cl2NO. The summed E-state index contributed by atoms with van der Waals surface area (Å²) in [4.78, 5) is 0. The van der Waals surface area contributed by atoms with Gasteiger partial charge in [0.2, 0.25) is 0 Å². The van der Waals surface area contributed by atoms with E-state index in [1.165, 1.54) is 0 Å². The minimum absolute atomic E-state index is 0.178. The number of rotatable bonds is 5. The van der Waals surface area contributed by atoms with E-state index in [-0.39, 0.29) is 18.6 Å². The minimum Gasteiger partial charge on any atom is -0.396 e.